The lowest BCUT2D eigenvalue weighted by molar-refractivity contribution is 0.414. The number of nitrogens with zero attached hydrogens (tertiary/aromatic N) is 2. The second kappa shape index (κ2) is 6.12. The Bertz CT molecular complexity index is 600. The zero-order valence-corrected chi connectivity index (χ0v) is 13.4. The molecule has 0 aliphatic rings. The van der Waals surface area contributed by atoms with Crippen LogP contribution in [0.3, 0.4) is 0 Å². The molecule has 0 aliphatic heterocycles. The quantitative estimate of drug-likeness (QED) is 0.926. The van der Waals surface area contributed by atoms with Crippen LogP contribution in [0.25, 0.3) is 11.3 Å². The standard InChI is InChI=1S/C17H23N3O/c1-6-18-16-15(21-5)14(19-11-20-16)12-7-9-13(10-8-12)17(2,3)4/h7-11H,6H2,1-5H3,(H,18,19,20). The zero-order chi connectivity index (χ0) is 15.5. The maximum Gasteiger partial charge on any atom is 0.187 e. The number of nitrogens with one attached hydrogen (secondary N) is 1. The molecule has 1 aromatic carbocycles. The highest BCUT2D eigenvalue weighted by atomic mass is 16.5. The molecule has 0 aliphatic carbocycles. The van der Waals surface area contributed by atoms with Crippen molar-refractivity contribution in [3.8, 4) is 17.0 Å². The van der Waals surface area contributed by atoms with Gasteiger partial charge >= 0.3 is 0 Å². The summed E-state index contributed by atoms with van der Waals surface area (Å²) < 4.78 is 5.49. The average molecular weight is 285 g/mol. The van der Waals surface area contributed by atoms with Crippen molar-refractivity contribution in [2.24, 2.45) is 0 Å². The molecule has 21 heavy (non-hydrogen) atoms. The normalized spacial score (nSPS) is 11.3. The van der Waals surface area contributed by atoms with Crippen molar-refractivity contribution in [3.63, 3.8) is 0 Å². The summed E-state index contributed by atoms with van der Waals surface area (Å²) in [6.45, 7) is 9.43. The summed E-state index contributed by atoms with van der Waals surface area (Å²) in [5.74, 6) is 1.41. The maximum atomic E-state index is 5.49. The van der Waals surface area contributed by atoms with Gasteiger partial charge in [0.15, 0.2) is 11.6 Å². The van der Waals surface area contributed by atoms with Crippen molar-refractivity contribution in [3.05, 3.63) is 36.2 Å². The van der Waals surface area contributed by atoms with E-state index in [1.807, 2.05) is 6.92 Å². The Morgan fingerprint density at radius 1 is 1.10 bits per heavy atom. The molecule has 0 unspecified atom stereocenters. The Hall–Kier alpha value is -2.10. The molecular weight excluding hydrogens is 262 g/mol. The molecule has 1 N–H and O–H groups in total. The fourth-order valence-electron chi connectivity index (χ4n) is 2.19. The summed E-state index contributed by atoms with van der Waals surface area (Å²) in [5, 5.41) is 3.20. The Balaban J connectivity index is 2.44. The summed E-state index contributed by atoms with van der Waals surface area (Å²) in [5.41, 5.74) is 3.28. The first kappa shape index (κ1) is 15.3. The van der Waals surface area contributed by atoms with E-state index in [0.29, 0.717) is 5.75 Å². The van der Waals surface area contributed by atoms with Crippen LogP contribution in [0.15, 0.2) is 30.6 Å². The van der Waals surface area contributed by atoms with Crippen molar-refractivity contribution in [2.45, 2.75) is 33.1 Å². The minimum Gasteiger partial charge on any atom is -0.491 e. The summed E-state index contributed by atoms with van der Waals surface area (Å²) in [7, 11) is 1.65. The van der Waals surface area contributed by atoms with Gasteiger partial charge in [-0.15, -0.1) is 0 Å². The van der Waals surface area contributed by atoms with Crippen LogP contribution in [-0.2, 0) is 5.41 Å². The number of aromatic nitrogens is 2. The van der Waals surface area contributed by atoms with Gasteiger partial charge in [0.25, 0.3) is 0 Å². The van der Waals surface area contributed by atoms with Crippen LogP contribution >= 0.6 is 0 Å². The molecule has 0 bridgehead atoms. The fourth-order valence-corrected chi connectivity index (χ4v) is 2.19. The number of benzene rings is 1. The van der Waals surface area contributed by atoms with Crippen molar-refractivity contribution in [1.82, 2.24) is 9.97 Å². The third kappa shape index (κ3) is 3.32. The van der Waals surface area contributed by atoms with Crippen molar-refractivity contribution in [2.75, 3.05) is 19.0 Å². The minimum atomic E-state index is 0.142. The van der Waals surface area contributed by atoms with E-state index in [-0.39, 0.29) is 5.41 Å². The average Bonchev–Trinajstić information content (AvgIpc) is 2.46. The van der Waals surface area contributed by atoms with Crippen molar-refractivity contribution in [1.29, 1.82) is 0 Å². The van der Waals surface area contributed by atoms with Crippen LogP contribution in [0.2, 0.25) is 0 Å². The third-order valence-corrected chi connectivity index (χ3v) is 3.38. The molecule has 0 atom stereocenters. The zero-order valence-electron chi connectivity index (χ0n) is 13.4. The minimum absolute atomic E-state index is 0.142. The summed E-state index contributed by atoms with van der Waals surface area (Å²) in [6, 6.07) is 8.45. The number of hydrogen-bond acceptors (Lipinski definition) is 4. The fraction of sp³-hybridized carbons (Fsp3) is 0.412. The Morgan fingerprint density at radius 3 is 2.29 bits per heavy atom. The van der Waals surface area contributed by atoms with Crippen LogP contribution in [0.4, 0.5) is 5.82 Å². The molecule has 0 radical (unpaired) electrons. The monoisotopic (exact) mass is 285 g/mol. The van der Waals surface area contributed by atoms with Crippen LogP contribution < -0.4 is 10.1 Å². The SMILES string of the molecule is CCNc1ncnc(-c2ccc(C(C)(C)C)cc2)c1OC. The molecule has 1 heterocycles. The number of anilines is 1. The lowest BCUT2D eigenvalue weighted by Crippen LogP contribution is -2.10. The van der Waals surface area contributed by atoms with Crippen molar-refractivity contribution < 1.29 is 4.74 Å². The van der Waals surface area contributed by atoms with Gasteiger partial charge in [0.05, 0.1) is 7.11 Å². The number of ether oxygens (including phenoxy) is 1. The molecule has 4 heteroatoms. The first-order valence-electron chi connectivity index (χ1n) is 7.21. The molecule has 0 amide bonds. The van der Waals surface area contributed by atoms with E-state index in [4.69, 9.17) is 4.74 Å². The highest BCUT2D eigenvalue weighted by Gasteiger charge is 2.16. The summed E-state index contributed by atoms with van der Waals surface area (Å²) in [4.78, 5) is 8.61. The molecule has 4 nitrogen and oxygen atoms in total. The lowest BCUT2D eigenvalue weighted by atomic mass is 9.86. The Kier molecular flexibility index (Phi) is 4.46. The highest BCUT2D eigenvalue weighted by molar-refractivity contribution is 5.72. The number of methoxy groups -OCH3 is 1. The van der Waals surface area contributed by atoms with Crippen LogP contribution in [0, 0.1) is 0 Å². The van der Waals surface area contributed by atoms with Gasteiger partial charge in [0, 0.05) is 12.1 Å². The molecule has 2 aromatic rings. The second-order valence-corrected chi connectivity index (χ2v) is 5.96. The van der Waals surface area contributed by atoms with Gasteiger partial charge in [0.1, 0.15) is 12.0 Å². The van der Waals surface area contributed by atoms with E-state index in [1.54, 1.807) is 13.4 Å². The smallest absolute Gasteiger partial charge is 0.187 e. The Morgan fingerprint density at radius 2 is 1.76 bits per heavy atom. The van der Waals surface area contributed by atoms with Gasteiger partial charge in [-0.3, -0.25) is 0 Å². The first-order valence-corrected chi connectivity index (χ1v) is 7.21. The van der Waals surface area contributed by atoms with E-state index in [1.165, 1.54) is 5.56 Å². The maximum absolute atomic E-state index is 5.49. The Labute approximate surface area is 126 Å². The van der Waals surface area contributed by atoms with Gasteiger partial charge < -0.3 is 10.1 Å². The molecule has 0 spiro atoms. The van der Waals surface area contributed by atoms with Gasteiger partial charge in [-0.2, -0.15) is 0 Å². The van der Waals surface area contributed by atoms with E-state index in [9.17, 15) is 0 Å². The number of hydrogen-bond donors (Lipinski definition) is 1. The van der Waals surface area contributed by atoms with Crippen LogP contribution in [0.1, 0.15) is 33.3 Å². The van der Waals surface area contributed by atoms with Gasteiger partial charge in [-0.05, 0) is 17.9 Å². The van der Waals surface area contributed by atoms with E-state index < -0.39 is 0 Å². The first-order chi connectivity index (χ1) is 9.97. The highest BCUT2D eigenvalue weighted by Crippen LogP contribution is 2.34. The predicted molar refractivity (Wildman–Crippen MR) is 86.9 cm³/mol. The number of rotatable bonds is 4. The molecule has 0 saturated carbocycles. The largest absolute Gasteiger partial charge is 0.491 e. The topological polar surface area (TPSA) is 47.0 Å². The van der Waals surface area contributed by atoms with Crippen LogP contribution in [-0.4, -0.2) is 23.6 Å². The molecule has 1 aromatic heterocycles. The van der Waals surface area contributed by atoms with Crippen molar-refractivity contribution >= 4 is 5.82 Å². The van der Waals surface area contributed by atoms with Gasteiger partial charge in [-0.25, -0.2) is 9.97 Å². The van der Waals surface area contributed by atoms with Gasteiger partial charge in [0.2, 0.25) is 0 Å². The van der Waals surface area contributed by atoms with Gasteiger partial charge in [-0.1, -0.05) is 45.0 Å². The van der Waals surface area contributed by atoms with E-state index in [2.05, 4.69) is 60.3 Å². The molecule has 0 fully saturated rings. The molecule has 2 rings (SSSR count). The predicted octanol–water partition coefficient (Wildman–Crippen LogP) is 3.88. The second-order valence-electron chi connectivity index (χ2n) is 5.96. The van der Waals surface area contributed by atoms with Crippen LogP contribution in [0.5, 0.6) is 5.75 Å². The summed E-state index contributed by atoms with van der Waals surface area (Å²) >= 11 is 0. The van der Waals surface area contributed by atoms with E-state index in [0.717, 1.165) is 23.6 Å². The lowest BCUT2D eigenvalue weighted by Gasteiger charge is -2.19. The summed E-state index contributed by atoms with van der Waals surface area (Å²) in [6.07, 6.45) is 1.56. The molecule has 0 saturated heterocycles. The molecule has 112 valence electrons. The molecular formula is C17H23N3O. The third-order valence-electron chi connectivity index (χ3n) is 3.38. The van der Waals surface area contributed by atoms with E-state index >= 15 is 0 Å².